The Morgan fingerprint density at radius 3 is 2.17 bits per heavy atom. The number of benzene rings is 3. The van der Waals surface area contributed by atoms with Crippen molar-refractivity contribution in [3.8, 4) is 0 Å². The predicted octanol–water partition coefficient (Wildman–Crippen LogP) is 4.90. The molecule has 4 heteroatoms. The Bertz CT molecular complexity index is 1250. The number of hydrogen-bond donors (Lipinski definition) is 0. The lowest BCUT2D eigenvalue weighted by Crippen LogP contribution is -2.35. The summed E-state index contributed by atoms with van der Waals surface area (Å²) >= 11 is 0. The molecule has 3 aromatic rings. The average Bonchev–Trinajstić information content (AvgIpc) is 3.08. The Kier molecular flexibility index (Phi) is 4.26. The van der Waals surface area contributed by atoms with Gasteiger partial charge >= 0.3 is 0 Å². The van der Waals surface area contributed by atoms with Crippen molar-refractivity contribution in [2.45, 2.75) is 11.8 Å². The van der Waals surface area contributed by atoms with Gasteiger partial charge in [-0.25, -0.2) is 8.42 Å². The zero-order valence-corrected chi connectivity index (χ0v) is 17.0. The van der Waals surface area contributed by atoms with Gasteiger partial charge in [0.25, 0.3) is 0 Å². The van der Waals surface area contributed by atoms with Crippen LogP contribution in [0.15, 0.2) is 95.4 Å². The maximum absolute atomic E-state index is 13.3. The van der Waals surface area contributed by atoms with E-state index >= 15 is 0 Å². The topological polar surface area (TPSA) is 37.4 Å². The van der Waals surface area contributed by atoms with Gasteiger partial charge in [0.1, 0.15) is 0 Å². The third-order valence-corrected chi connectivity index (χ3v) is 7.49. The summed E-state index contributed by atoms with van der Waals surface area (Å²) in [6.07, 6.45) is 2.05. The molecular formula is C25H21NO2S. The van der Waals surface area contributed by atoms with Crippen molar-refractivity contribution < 1.29 is 8.42 Å². The van der Waals surface area contributed by atoms with Crippen LogP contribution < -0.4 is 0 Å². The van der Waals surface area contributed by atoms with E-state index in [4.69, 9.17) is 0 Å². The lowest BCUT2D eigenvalue weighted by molar-refractivity contribution is 0.465. The smallest absolute Gasteiger partial charge is 0.207 e. The molecule has 0 aromatic heterocycles. The maximum atomic E-state index is 13.3. The minimum absolute atomic E-state index is 0.345. The van der Waals surface area contributed by atoms with Crippen LogP contribution in [0.3, 0.4) is 0 Å². The Hall–Kier alpha value is -2.95. The predicted molar refractivity (Wildman–Crippen MR) is 117 cm³/mol. The van der Waals surface area contributed by atoms with Gasteiger partial charge in [0.05, 0.1) is 4.90 Å². The zero-order chi connectivity index (χ0) is 20.0. The quantitative estimate of drug-likeness (QED) is 0.628. The number of hydrogen-bond acceptors (Lipinski definition) is 2. The summed E-state index contributed by atoms with van der Waals surface area (Å²) in [6, 6.07) is 25.7. The van der Waals surface area contributed by atoms with Crippen LogP contribution >= 0.6 is 0 Å². The van der Waals surface area contributed by atoms with Crippen LogP contribution in [0.4, 0.5) is 0 Å². The largest absolute Gasteiger partial charge is 0.243 e. The summed E-state index contributed by atoms with van der Waals surface area (Å²) in [4.78, 5) is 0.345. The zero-order valence-electron chi connectivity index (χ0n) is 16.2. The van der Waals surface area contributed by atoms with Gasteiger partial charge in [-0.15, -0.1) is 0 Å². The van der Waals surface area contributed by atoms with Gasteiger partial charge < -0.3 is 0 Å². The molecule has 0 N–H and O–H groups in total. The Morgan fingerprint density at radius 2 is 1.45 bits per heavy atom. The number of sulfonamides is 1. The van der Waals surface area contributed by atoms with E-state index in [0.717, 1.165) is 27.8 Å². The third-order valence-electron chi connectivity index (χ3n) is 5.67. The van der Waals surface area contributed by atoms with E-state index in [1.807, 2.05) is 49.4 Å². The molecule has 1 aliphatic carbocycles. The van der Waals surface area contributed by atoms with E-state index < -0.39 is 10.0 Å². The molecule has 3 nitrogen and oxygen atoms in total. The number of nitrogens with zero attached hydrogens (tertiary/aromatic N) is 1. The van der Waals surface area contributed by atoms with Gasteiger partial charge in [-0.1, -0.05) is 78.4 Å². The molecule has 0 bridgehead atoms. The summed E-state index contributed by atoms with van der Waals surface area (Å²) in [5.74, 6) is 0. The molecule has 5 rings (SSSR count). The van der Waals surface area contributed by atoms with Crippen molar-refractivity contribution in [3.63, 3.8) is 0 Å². The Balaban J connectivity index is 1.63. The minimum atomic E-state index is -3.56. The van der Waals surface area contributed by atoms with Crippen molar-refractivity contribution >= 4 is 21.2 Å². The first-order chi connectivity index (χ1) is 14.1. The lowest BCUT2D eigenvalue weighted by Gasteiger charge is -2.27. The van der Waals surface area contributed by atoms with Gasteiger partial charge in [0.15, 0.2) is 0 Å². The molecule has 0 saturated heterocycles. The SMILES string of the molecule is Cc1ccc(S(=O)(=O)N2CC=C3C(=C(c4ccccc4)c4ccccc43)C2)cc1. The van der Waals surface area contributed by atoms with E-state index in [9.17, 15) is 8.42 Å². The summed E-state index contributed by atoms with van der Waals surface area (Å²) in [5, 5.41) is 0. The van der Waals surface area contributed by atoms with Gasteiger partial charge in [-0.3, -0.25) is 0 Å². The van der Waals surface area contributed by atoms with Crippen LogP contribution in [0.25, 0.3) is 11.1 Å². The van der Waals surface area contributed by atoms with Crippen LogP contribution in [0.2, 0.25) is 0 Å². The highest BCUT2D eigenvalue weighted by molar-refractivity contribution is 7.89. The average molecular weight is 400 g/mol. The maximum Gasteiger partial charge on any atom is 0.243 e. The number of aryl methyl sites for hydroxylation is 1. The molecule has 0 atom stereocenters. The van der Waals surface area contributed by atoms with Crippen molar-refractivity contribution in [2.24, 2.45) is 0 Å². The first-order valence-electron chi connectivity index (χ1n) is 9.71. The van der Waals surface area contributed by atoms with E-state index in [0.29, 0.717) is 18.0 Å². The van der Waals surface area contributed by atoms with E-state index in [1.165, 1.54) is 11.1 Å². The van der Waals surface area contributed by atoms with E-state index in [1.54, 1.807) is 16.4 Å². The van der Waals surface area contributed by atoms with Gasteiger partial charge in [0.2, 0.25) is 10.0 Å². The summed E-state index contributed by atoms with van der Waals surface area (Å²) in [5.41, 5.74) is 7.91. The van der Waals surface area contributed by atoms with Crippen molar-refractivity contribution in [3.05, 3.63) is 113 Å². The summed E-state index contributed by atoms with van der Waals surface area (Å²) in [6.45, 7) is 2.71. The fraction of sp³-hybridized carbons (Fsp3) is 0.120. The second-order valence-corrected chi connectivity index (χ2v) is 9.43. The molecule has 29 heavy (non-hydrogen) atoms. The van der Waals surface area contributed by atoms with Crippen molar-refractivity contribution in [1.82, 2.24) is 4.31 Å². The molecule has 0 spiro atoms. The number of fused-ring (bicyclic) bond motifs is 3. The van der Waals surface area contributed by atoms with Gasteiger partial charge in [-0.05, 0) is 52.5 Å². The minimum Gasteiger partial charge on any atom is -0.207 e. The van der Waals surface area contributed by atoms with Crippen LogP contribution in [0, 0.1) is 6.92 Å². The normalized spacial score (nSPS) is 16.4. The molecule has 1 aliphatic heterocycles. The molecule has 2 aliphatic rings. The standard InChI is InChI=1S/C25H21NO2S/c1-18-11-13-20(14-12-18)29(27,28)26-16-15-22-21-9-5-6-10-23(21)25(24(22)17-26)19-7-3-2-4-8-19/h2-15H,16-17H2,1H3. The molecule has 0 saturated carbocycles. The highest BCUT2D eigenvalue weighted by Crippen LogP contribution is 2.46. The van der Waals surface area contributed by atoms with Crippen molar-refractivity contribution in [1.29, 1.82) is 0 Å². The highest BCUT2D eigenvalue weighted by atomic mass is 32.2. The molecular weight excluding hydrogens is 378 g/mol. The fourth-order valence-electron chi connectivity index (χ4n) is 4.20. The lowest BCUT2D eigenvalue weighted by atomic mass is 9.97. The second-order valence-electron chi connectivity index (χ2n) is 7.49. The molecule has 0 amide bonds. The Morgan fingerprint density at radius 1 is 0.793 bits per heavy atom. The van der Waals surface area contributed by atoms with Crippen LogP contribution in [0.5, 0.6) is 0 Å². The highest BCUT2D eigenvalue weighted by Gasteiger charge is 2.34. The second kappa shape index (κ2) is 6.83. The van der Waals surface area contributed by atoms with Gasteiger partial charge in [0, 0.05) is 13.1 Å². The van der Waals surface area contributed by atoms with E-state index in [-0.39, 0.29) is 0 Å². The molecule has 144 valence electrons. The Labute approximate surface area is 171 Å². The molecule has 0 radical (unpaired) electrons. The monoisotopic (exact) mass is 399 g/mol. The van der Waals surface area contributed by atoms with E-state index in [2.05, 4.69) is 30.3 Å². The molecule has 0 fully saturated rings. The molecule has 3 aromatic carbocycles. The van der Waals surface area contributed by atoms with Crippen LogP contribution in [-0.2, 0) is 10.0 Å². The van der Waals surface area contributed by atoms with Crippen LogP contribution in [-0.4, -0.2) is 25.8 Å². The molecule has 0 unspecified atom stereocenters. The third kappa shape index (κ3) is 2.96. The molecule has 1 heterocycles. The first-order valence-corrected chi connectivity index (χ1v) is 11.2. The van der Waals surface area contributed by atoms with Gasteiger partial charge in [-0.2, -0.15) is 4.31 Å². The number of rotatable bonds is 3. The first kappa shape index (κ1) is 18.1. The van der Waals surface area contributed by atoms with Crippen LogP contribution in [0.1, 0.15) is 22.3 Å². The van der Waals surface area contributed by atoms with Crippen molar-refractivity contribution in [2.75, 3.05) is 13.1 Å². The summed E-state index contributed by atoms with van der Waals surface area (Å²) in [7, 11) is -3.56. The summed E-state index contributed by atoms with van der Waals surface area (Å²) < 4.78 is 28.1. The fourth-order valence-corrected chi connectivity index (χ4v) is 5.55.